The summed E-state index contributed by atoms with van der Waals surface area (Å²) in [6.07, 6.45) is 7.11. The van der Waals surface area contributed by atoms with E-state index in [0.717, 1.165) is 27.9 Å². The number of aryl methyl sites for hydroxylation is 2. The monoisotopic (exact) mass is 701 g/mol. The Morgan fingerprint density at radius 2 is 1.94 bits per heavy atom. The normalized spacial score (nSPS) is 13.3. The Hall–Kier alpha value is -7.31. The van der Waals surface area contributed by atoms with Crippen LogP contribution in [0.4, 0.5) is 11.5 Å². The summed E-state index contributed by atoms with van der Waals surface area (Å²) in [6.45, 7) is 2.17. The van der Waals surface area contributed by atoms with E-state index in [1.165, 1.54) is 12.1 Å². The summed E-state index contributed by atoms with van der Waals surface area (Å²) < 4.78 is 9.57. The molecule has 4 aromatic heterocycles. The van der Waals surface area contributed by atoms with E-state index in [2.05, 4.69) is 31.5 Å². The fraction of sp³-hybridized carbons (Fsp3) is 0.128. The second kappa shape index (κ2) is 13.8. The summed E-state index contributed by atoms with van der Waals surface area (Å²) in [6, 6.07) is 25.4. The Labute approximate surface area is 302 Å². The number of pyridine rings is 2. The molecule has 0 unspecified atom stereocenters. The molecule has 1 aliphatic rings. The van der Waals surface area contributed by atoms with Crippen LogP contribution in [0.3, 0.4) is 0 Å². The smallest absolute Gasteiger partial charge is 0.252 e. The average molecular weight is 702 g/mol. The first-order valence-corrected chi connectivity index (χ1v) is 16.8. The number of ether oxygens (including phenoxy) is 1. The van der Waals surface area contributed by atoms with Crippen LogP contribution in [-0.2, 0) is 13.0 Å². The zero-order chi connectivity index (χ0) is 36.5. The molecule has 4 heterocycles. The number of anilines is 1. The van der Waals surface area contributed by atoms with Gasteiger partial charge in [0.1, 0.15) is 23.7 Å². The van der Waals surface area contributed by atoms with Gasteiger partial charge in [-0.05, 0) is 96.1 Å². The van der Waals surface area contributed by atoms with Crippen LogP contribution in [-0.4, -0.2) is 41.5 Å². The molecule has 8 rings (SSSR count). The number of nitrogens with zero attached hydrogens (tertiary/aromatic N) is 9. The quantitative estimate of drug-likeness (QED) is 0.0641. The third kappa shape index (κ3) is 6.19. The Morgan fingerprint density at radius 1 is 1.08 bits per heavy atom. The van der Waals surface area contributed by atoms with Gasteiger partial charge in [0.15, 0.2) is 23.6 Å². The maximum Gasteiger partial charge on any atom is 0.252 e. The molecule has 0 saturated carbocycles. The second-order valence-electron chi connectivity index (χ2n) is 12.6. The first kappa shape index (κ1) is 32.9. The Morgan fingerprint density at radius 3 is 2.72 bits per heavy atom. The first-order valence-electron chi connectivity index (χ1n) is 16.8. The standard InChI is InChI=1S/C39H31N11O3/c1-23-17-34(49-16-6-15-43-49)45-38-35(23)46-37(29-9-5-14-42-36(29)40)50(38)27-11-12-28-25(18-27)10-13-31(28)44-39(52)30-19-26(21-51)33(20-32(30)47-48-41)53-22-24-7-3-2-4-8-24/h2-9,11-12,14-21,31H,10,13,22H2,1H3,(H2,40,42)(H,44,52)/t31-/m0/s1. The van der Waals surface area contributed by atoms with Crippen LogP contribution in [0, 0.1) is 6.92 Å². The molecule has 260 valence electrons. The van der Waals surface area contributed by atoms with Gasteiger partial charge in [-0.25, -0.2) is 19.6 Å². The van der Waals surface area contributed by atoms with Crippen molar-refractivity contribution in [3.8, 4) is 28.6 Å². The number of nitrogen functional groups attached to an aromatic ring is 1. The maximum absolute atomic E-state index is 13.8. The van der Waals surface area contributed by atoms with Crippen LogP contribution in [0.2, 0.25) is 0 Å². The van der Waals surface area contributed by atoms with Crippen LogP contribution in [0.1, 0.15) is 55.4 Å². The number of hydrogen-bond donors (Lipinski definition) is 2. The summed E-state index contributed by atoms with van der Waals surface area (Å²) in [5.41, 5.74) is 22.6. The fourth-order valence-corrected chi connectivity index (χ4v) is 6.72. The highest BCUT2D eigenvalue weighted by Gasteiger charge is 2.28. The molecule has 1 amide bonds. The number of azide groups is 1. The van der Waals surface area contributed by atoms with Crippen molar-refractivity contribution < 1.29 is 14.3 Å². The molecular formula is C39H31N11O3. The SMILES string of the molecule is Cc1cc(-n2cccn2)nc2c1nc(-c1cccnc1N)n2-c1ccc2c(c1)CC[C@@H]2NC(=O)c1cc(C=O)c(OCc2ccccc2)cc1N=[N+]=[N-]. The summed E-state index contributed by atoms with van der Waals surface area (Å²) >= 11 is 0. The number of nitrogens with one attached hydrogen (secondary N) is 1. The van der Waals surface area contributed by atoms with E-state index < -0.39 is 5.91 Å². The van der Waals surface area contributed by atoms with Crippen molar-refractivity contribution in [2.24, 2.45) is 5.11 Å². The number of carbonyl (C=O) groups is 2. The van der Waals surface area contributed by atoms with Gasteiger partial charge < -0.3 is 15.8 Å². The summed E-state index contributed by atoms with van der Waals surface area (Å²) in [7, 11) is 0. The number of nitrogens with two attached hydrogens (primary N) is 1. The molecule has 3 N–H and O–H groups in total. The van der Waals surface area contributed by atoms with Crippen molar-refractivity contribution >= 4 is 34.9 Å². The lowest BCUT2D eigenvalue weighted by Crippen LogP contribution is -2.27. The predicted molar refractivity (Wildman–Crippen MR) is 198 cm³/mol. The summed E-state index contributed by atoms with van der Waals surface area (Å²) in [5.74, 6) is 1.31. The maximum atomic E-state index is 13.8. The van der Waals surface area contributed by atoms with Crippen molar-refractivity contribution in [2.75, 3.05) is 5.73 Å². The molecule has 1 atom stereocenters. The number of fused-ring (bicyclic) bond motifs is 2. The van der Waals surface area contributed by atoms with Gasteiger partial charge in [-0.15, -0.1) is 0 Å². The molecule has 3 aromatic carbocycles. The van der Waals surface area contributed by atoms with Crippen molar-refractivity contribution in [1.82, 2.24) is 34.6 Å². The molecule has 0 aliphatic heterocycles. The molecule has 14 nitrogen and oxygen atoms in total. The lowest BCUT2D eigenvalue weighted by atomic mass is 10.0. The molecule has 0 radical (unpaired) electrons. The van der Waals surface area contributed by atoms with Gasteiger partial charge in [0, 0.05) is 34.8 Å². The highest BCUT2D eigenvalue weighted by atomic mass is 16.5. The van der Waals surface area contributed by atoms with E-state index in [1.807, 2.05) is 84.4 Å². The number of benzene rings is 3. The molecule has 1 aliphatic carbocycles. The zero-order valence-electron chi connectivity index (χ0n) is 28.4. The number of aromatic nitrogens is 6. The Kier molecular flexibility index (Phi) is 8.54. The van der Waals surface area contributed by atoms with Crippen molar-refractivity contribution in [3.05, 3.63) is 147 Å². The zero-order valence-corrected chi connectivity index (χ0v) is 28.4. The van der Waals surface area contributed by atoms with Gasteiger partial charge in [0.2, 0.25) is 0 Å². The highest BCUT2D eigenvalue weighted by molar-refractivity contribution is 6.01. The molecule has 0 fully saturated rings. The highest BCUT2D eigenvalue weighted by Crippen LogP contribution is 2.37. The van der Waals surface area contributed by atoms with Crippen molar-refractivity contribution in [3.63, 3.8) is 0 Å². The minimum absolute atomic E-state index is 0.0543. The lowest BCUT2D eigenvalue weighted by molar-refractivity contribution is 0.0937. The van der Waals surface area contributed by atoms with E-state index in [0.29, 0.717) is 53.3 Å². The van der Waals surface area contributed by atoms with Crippen LogP contribution in [0.5, 0.6) is 5.75 Å². The van der Waals surface area contributed by atoms with E-state index in [1.54, 1.807) is 17.1 Å². The molecule has 53 heavy (non-hydrogen) atoms. The van der Waals surface area contributed by atoms with E-state index in [-0.39, 0.29) is 35.2 Å². The van der Waals surface area contributed by atoms with Crippen LogP contribution in [0.15, 0.2) is 109 Å². The Balaban J connectivity index is 1.13. The lowest BCUT2D eigenvalue weighted by Gasteiger charge is -2.17. The number of amides is 1. The van der Waals surface area contributed by atoms with Gasteiger partial charge in [-0.2, -0.15) is 5.10 Å². The minimum Gasteiger partial charge on any atom is -0.488 e. The Bertz CT molecular complexity index is 2580. The predicted octanol–water partition coefficient (Wildman–Crippen LogP) is 7.31. The minimum atomic E-state index is -0.479. The molecule has 7 aromatic rings. The number of imidazole rings is 1. The van der Waals surface area contributed by atoms with E-state index >= 15 is 0 Å². The number of hydrogen-bond acceptors (Lipinski definition) is 9. The van der Waals surface area contributed by atoms with Gasteiger partial charge in [-0.3, -0.25) is 14.2 Å². The van der Waals surface area contributed by atoms with Gasteiger partial charge in [-0.1, -0.05) is 41.5 Å². The number of rotatable bonds is 10. The van der Waals surface area contributed by atoms with Crippen molar-refractivity contribution in [1.29, 1.82) is 0 Å². The largest absolute Gasteiger partial charge is 0.488 e. The van der Waals surface area contributed by atoms with E-state index in [4.69, 9.17) is 20.4 Å². The molecule has 0 bridgehead atoms. The van der Waals surface area contributed by atoms with Crippen LogP contribution >= 0.6 is 0 Å². The van der Waals surface area contributed by atoms with Gasteiger partial charge in [0.25, 0.3) is 5.91 Å². The first-order chi connectivity index (χ1) is 25.9. The third-order valence-corrected chi connectivity index (χ3v) is 9.27. The van der Waals surface area contributed by atoms with Crippen molar-refractivity contribution in [2.45, 2.75) is 32.4 Å². The average Bonchev–Trinajstić information content (AvgIpc) is 3.94. The second-order valence-corrected chi connectivity index (χ2v) is 12.6. The third-order valence-electron chi connectivity index (χ3n) is 9.27. The van der Waals surface area contributed by atoms with Gasteiger partial charge in [0.05, 0.1) is 22.9 Å². The topological polar surface area (TPSA) is 192 Å². The summed E-state index contributed by atoms with van der Waals surface area (Å²) in [4.78, 5) is 43.1. The van der Waals surface area contributed by atoms with Crippen LogP contribution in [0.25, 0.3) is 44.5 Å². The molecule has 0 saturated heterocycles. The molecule has 0 spiro atoms. The van der Waals surface area contributed by atoms with Crippen LogP contribution < -0.4 is 15.8 Å². The molecular weight excluding hydrogens is 671 g/mol. The summed E-state index contributed by atoms with van der Waals surface area (Å²) in [5, 5.41) is 11.2. The van der Waals surface area contributed by atoms with E-state index in [9.17, 15) is 15.1 Å². The van der Waals surface area contributed by atoms with Gasteiger partial charge >= 0.3 is 0 Å². The molecule has 14 heteroatoms. The number of aldehydes is 1. The number of carbonyl (C=O) groups excluding carboxylic acids is 2. The fourth-order valence-electron chi connectivity index (χ4n) is 6.72.